The first-order valence-electron chi connectivity index (χ1n) is 6.31. The number of hydrogen-bond acceptors (Lipinski definition) is 2. The zero-order valence-electron chi connectivity index (χ0n) is 9.87. The van der Waals surface area contributed by atoms with E-state index in [-0.39, 0.29) is 11.8 Å². The van der Waals surface area contributed by atoms with Crippen LogP contribution in [-0.4, -0.2) is 17.5 Å². The summed E-state index contributed by atoms with van der Waals surface area (Å²) in [6, 6.07) is 0. The summed E-state index contributed by atoms with van der Waals surface area (Å²) in [5, 5.41) is 1.43. The minimum Gasteiger partial charge on any atom is -0.280 e. The molecule has 1 fully saturated rings. The molecular formula is C12H24N2O. The van der Waals surface area contributed by atoms with Crippen LogP contribution in [0.2, 0.25) is 0 Å². The molecule has 1 aliphatic rings. The Morgan fingerprint density at radius 2 is 2.13 bits per heavy atom. The van der Waals surface area contributed by atoms with Crippen molar-refractivity contribution >= 4 is 5.91 Å². The molecule has 0 aromatic rings. The number of nitrogens with two attached hydrogens (primary N) is 1. The number of hydrogen-bond donors (Lipinski definition) is 1. The Labute approximate surface area is 93.0 Å². The van der Waals surface area contributed by atoms with E-state index in [9.17, 15) is 4.79 Å². The van der Waals surface area contributed by atoms with Crippen LogP contribution >= 0.6 is 0 Å². The Hall–Kier alpha value is -0.570. The Bertz CT molecular complexity index is 194. The van der Waals surface area contributed by atoms with Gasteiger partial charge >= 0.3 is 0 Å². The maximum Gasteiger partial charge on any atom is 0.239 e. The van der Waals surface area contributed by atoms with Crippen LogP contribution in [-0.2, 0) is 4.79 Å². The lowest BCUT2D eigenvalue weighted by molar-refractivity contribution is -0.135. The highest BCUT2D eigenvalue weighted by Crippen LogP contribution is 2.21. The minimum absolute atomic E-state index is 0.170. The van der Waals surface area contributed by atoms with Crippen molar-refractivity contribution in [1.29, 1.82) is 0 Å². The first kappa shape index (κ1) is 12.5. The van der Waals surface area contributed by atoms with Crippen LogP contribution in [0, 0.1) is 5.92 Å². The number of unbranched alkanes of at least 4 members (excludes halogenated alkanes) is 3. The molecule has 1 rings (SSSR count). The molecule has 1 atom stereocenters. The predicted molar refractivity (Wildman–Crippen MR) is 62.0 cm³/mol. The molecular weight excluding hydrogens is 188 g/mol. The Morgan fingerprint density at radius 1 is 1.33 bits per heavy atom. The molecule has 0 spiro atoms. The summed E-state index contributed by atoms with van der Waals surface area (Å²) in [6.45, 7) is 2.95. The van der Waals surface area contributed by atoms with Crippen molar-refractivity contribution in [2.24, 2.45) is 11.8 Å². The summed E-state index contributed by atoms with van der Waals surface area (Å²) in [4.78, 5) is 11.8. The fourth-order valence-electron chi connectivity index (χ4n) is 2.23. The van der Waals surface area contributed by atoms with Gasteiger partial charge in [0.2, 0.25) is 5.91 Å². The van der Waals surface area contributed by atoms with E-state index in [0.717, 1.165) is 32.2 Å². The van der Waals surface area contributed by atoms with Gasteiger partial charge in [0.25, 0.3) is 0 Å². The molecule has 1 amide bonds. The minimum atomic E-state index is 0.170. The number of hydrazine groups is 1. The maximum atomic E-state index is 11.8. The number of amides is 1. The van der Waals surface area contributed by atoms with Crippen LogP contribution in [0.15, 0.2) is 0 Å². The van der Waals surface area contributed by atoms with E-state index in [1.54, 1.807) is 0 Å². The molecule has 1 heterocycles. The third-order valence-electron chi connectivity index (χ3n) is 3.24. The van der Waals surface area contributed by atoms with Gasteiger partial charge in [-0.15, -0.1) is 0 Å². The summed E-state index contributed by atoms with van der Waals surface area (Å²) in [5.41, 5.74) is 0. The van der Waals surface area contributed by atoms with Gasteiger partial charge < -0.3 is 0 Å². The van der Waals surface area contributed by atoms with Crippen LogP contribution in [0.5, 0.6) is 0 Å². The molecule has 1 aliphatic heterocycles. The average molecular weight is 212 g/mol. The monoisotopic (exact) mass is 212 g/mol. The fourth-order valence-corrected chi connectivity index (χ4v) is 2.23. The molecule has 15 heavy (non-hydrogen) atoms. The molecule has 0 aromatic carbocycles. The summed E-state index contributed by atoms with van der Waals surface area (Å²) in [5.74, 6) is 6.06. The molecule has 0 aliphatic carbocycles. The van der Waals surface area contributed by atoms with Crippen molar-refractivity contribution in [3.8, 4) is 0 Å². The molecule has 2 N–H and O–H groups in total. The van der Waals surface area contributed by atoms with Crippen LogP contribution in [0.4, 0.5) is 0 Å². The van der Waals surface area contributed by atoms with Crippen molar-refractivity contribution in [3.05, 3.63) is 0 Å². The van der Waals surface area contributed by atoms with Crippen LogP contribution in [0.25, 0.3) is 0 Å². The van der Waals surface area contributed by atoms with Gasteiger partial charge in [-0.05, 0) is 19.3 Å². The Balaban J connectivity index is 2.28. The van der Waals surface area contributed by atoms with Crippen molar-refractivity contribution in [2.45, 2.75) is 58.3 Å². The third-order valence-corrected chi connectivity index (χ3v) is 3.24. The molecule has 1 saturated heterocycles. The summed E-state index contributed by atoms with van der Waals surface area (Å²) < 4.78 is 0. The largest absolute Gasteiger partial charge is 0.280 e. The molecule has 3 nitrogen and oxygen atoms in total. The van der Waals surface area contributed by atoms with E-state index in [1.807, 2.05) is 0 Å². The van der Waals surface area contributed by atoms with E-state index in [4.69, 9.17) is 5.84 Å². The second kappa shape index (κ2) is 6.83. The highest BCUT2D eigenvalue weighted by Gasteiger charge is 2.24. The number of nitrogens with zero attached hydrogens (tertiary/aromatic N) is 1. The standard InChI is InChI=1S/C12H24N2O/c1-2-3-4-5-8-11-9-6-7-10-14(13)12(11)15/h11H,2-10,13H2,1H3. The topological polar surface area (TPSA) is 46.3 Å². The predicted octanol–water partition coefficient (Wildman–Crippen LogP) is 2.46. The van der Waals surface area contributed by atoms with Crippen LogP contribution < -0.4 is 5.84 Å². The van der Waals surface area contributed by atoms with Crippen molar-refractivity contribution in [3.63, 3.8) is 0 Å². The SMILES string of the molecule is CCCCCCC1CCCCN(N)C1=O. The van der Waals surface area contributed by atoms with Gasteiger partial charge in [-0.2, -0.15) is 0 Å². The second-order valence-corrected chi connectivity index (χ2v) is 4.57. The third kappa shape index (κ3) is 4.20. The van der Waals surface area contributed by atoms with Gasteiger partial charge in [-0.1, -0.05) is 39.0 Å². The summed E-state index contributed by atoms with van der Waals surface area (Å²) in [7, 11) is 0. The Kier molecular flexibility index (Phi) is 5.69. The molecule has 0 bridgehead atoms. The lowest BCUT2D eigenvalue weighted by Gasteiger charge is -2.19. The van der Waals surface area contributed by atoms with Crippen molar-refractivity contribution in [1.82, 2.24) is 5.01 Å². The second-order valence-electron chi connectivity index (χ2n) is 4.57. The highest BCUT2D eigenvalue weighted by atomic mass is 16.2. The van der Waals surface area contributed by atoms with E-state index in [0.29, 0.717) is 0 Å². The number of carbonyl (C=O) groups is 1. The first-order chi connectivity index (χ1) is 7.25. The quantitative estimate of drug-likeness (QED) is 0.432. The molecule has 0 radical (unpaired) electrons. The molecule has 0 saturated carbocycles. The van der Waals surface area contributed by atoms with Gasteiger partial charge in [0.1, 0.15) is 0 Å². The zero-order chi connectivity index (χ0) is 11.1. The van der Waals surface area contributed by atoms with E-state index in [1.165, 1.54) is 30.7 Å². The van der Waals surface area contributed by atoms with Gasteiger partial charge in [0.05, 0.1) is 0 Å². The van der Waals surface area contributed by atoms with E-state index >= 15 is 0 Å². The normalized spacial score (nSPS) is 22.9. The number of carbonyl (C=O) groups excluding carboxylic acids is 1. The molecule has 3 heteroatoms. The van der Waals surface area contributed by atoms with E-state index < -0.39 is 0 Å². The lowest BCUT2D eigenvalue weighted by atomic mass is 9.95. The van der Waals surface area contributed by atoms with E-state index in [2.05, 4.69) is 6.92 Å². The van der Waals surface area contributed by atoms with Crippen molar-refractivity contribution < 1.29 is 4.79 Å². The van der Waals surface area contributed by atoms with Crippen LogP contribution in [0.3, 0.4) is 0 Å². The smallest absolute Gasteiger partial charge is 0.239 e. The fraction of sp³-hybridized carbons (Fsp3) is 0.917. The molecule has 1 unspecified atom stereocenters. The zero-order valence-corrected chi connectivity index (χ0v) is 9.87. The number of rotatable bonds is 5. The van der Waals surface area contributed by atoms with Gasteiger partial charge in [0, 0.05) is 12.5 Å². The highest BCUT2D eigenvalue weighted by molar-refractivity contribution is 5.78. The maximum absolute atomic E-state index is 11.8. The van der Waals surface area contributed by atoms with Gasteiger partial charge in [0.15, 0.2) is 0 Å². The van der Waals surface area contributed by atoms with Crippen LogP contribution in [0.1, 0.15) is 58.3 Å². The first-order valence-corrected chi connectivity index (χ1v) is 6.31. The van der Waals surface area contributed by atoms with Gasteiger partial charge in [-0.3, -0.25) is 9.80 Å². The Morgan fingerprint density at radius 3 is 2.87 bits per heavy atom. The molecule has 0 aromatic heterocycles. The average Bonchev–Trinajstić information content (AvgIpc) is 2.39. The summed E-state index contributed by atoms with van der Waals surface area (Å²) >= 11 is 0. The van der Waals surface area contributed by atoms with Crippen molar-refractivity contribution in [2.75, 3.05) is 6.54 Å². The van der Waals surface area contributed by atoms with Gasteiger partial charge in [-0.25, -0.2) is 5.84 Å². The molecule has 88 valence electrons. The summed E-state index contributed by atoms with van der Waals surface area (Å²) in [6.07, 6.45) is 9.26. The lowest BCUT2D eigenvalue weighted by Crippen LogP contribution is -2.40.